The second-order valence-corrected chi connectivity index (χ2v) is 10.6. The number of hydrogen-bond donors (Lipinski definition) is 2. The third-order valence-electron chi connectivity index (χ3n) is 4.75. The molecule has 11 heteroatoms. The predicted molar refractivity (Wildman–Crippen MR) is 127 cm³/mol. The Bertz CT molecular complexity index is 1330. The molecule has 0 aliphatic heterocycles. The Morgan fingerprint density at radius 2 is 1.84 bits per heavy atom. The zero-order chi connectivity index (χ0) is 23.8. The summed E-state index contributed by atoms with van der Waals surface area (Å²) in [4.78, 5) is 25.5. The molecule has 1 amide bonds. The topological polar surface area (TPSA) is 118 Å². The van der Waals surface area contributed by atoms with Crippen LogP contribution in [0.25, 0.3) is 0 Å². The maximum atomic E-state index is 13.2. The number of benzene rings is 1. The fraction of sp³-hybridized carbons (Fsp3) is 0.286. The number of carbonyl (C=O) groups excluding carboxylic acids is 2. The van der Waals surface area contributed by atoms with E-state index in [-0.39, 0.29) is 27.9 Å². The molecule has 0 atom stereocenters. The Labute approximate surface area is 198 Å². The largest absolute Gasteiger partial charge is 0.336 e. The van der Waals surface area contributed by atoms with E-state index in [2.05, 4.69) is 31.1 Å². The van der Waals surface area contributed by atoms with Gasteiger partial charge in [0.05, 0.1) is 11.4 Å². The van der Waals surface area contributed by atoms with Gasteiger partial charge in [-0.25, -0.2) is 13.1 Å². The maximum Gasteiger partial charge on any atom is 0.267 e. The molecule has 0 saturated carbocycles. The van der Waals surface area contributed by atoms with Crippen molar-refractivity contribution in [3.05, 3.63) is 54.8 Å². The van der Waals surface area contributed by atoms with E-state index in [1.807, 2.05) is 13.0 Å². The zero-order valence-electron chi connectivity index (χ0n) is 18.1. The summed E-state index contributed by atoms with van der Waals surface area (Å²) in [5.41, 5.74) is 3.27. The van der Waals surface area contributed by atoms with Crippen LogP contribution in [0.5, 0.6) is 0 Å². The van der Waals surface area contributed by atoms with Crippen LogP contribution in [0.15, 0.2) is 31.4 Å². The van der Waals surface area contributed by atoms with E-state index in [0.29, 0.717) is 32.5 Å². The first-order valence-corrected chi connectivity index (χ1v) is 12.8. The average molecular weight is 540 g/mol. The molecule has 0 saturated heterocycles. The second kappa shape index (κ2) is 9.16. The molecule has 0 radical (unpaired) electrons. The third kappa shape index (κ3) is 4.64. The van der Waals surface area contributed by atoms with Gasteiger partial charge in [-0.2, -0.15) is 0 Å². The molecule has 0 aliphatic carbocycles. The molecular formula is C21H22BrN3O5S2. The van der Waals surface area contributed by atoms with Crippen LogP contribution in [0.1, 0.15) is 55.8 Å². The fourth-order valence-corrected chi connectivity index (χ4v) is 6.30. The SMILES string of the molecule is CCC(=O)c1cc(C)cc(C)c1NC(=O)c1scc(C)c1S(=O)(=O)Nc1onc(C)c1Br. The highest BCUT2D eigenvalue weighted by atomic mass is 79.9. The molecule has 8 nitrogen and oxygen atoms in total. The van der Waals surface area contributed by atoms with Crippen LogP contribution in [-0.2, 0) is 10.0 Å². The van der Waals surface area contributed by atoms with Crippen molar-refractivity contribution in [2.75, 3.05) is 10.0 Å². The van der Waals surface area contributed by atoms with Crippen molar-refractivity contribution in [2.24, 2.45) is 0 Å². The van der Waals surface area contributed by atoms with Crippen LogP contribution in [0.3, 0.4) is 0 Å². The monoisotopic (exact) mass is 539 g/mol. The lowest BCUT2D eigenvalue weighted by molar-refractivity contribution is 0.0989. The Balaban J connectivity index is 2.01. The molecule has 32 heavy (non-hydrogen) atoms. The highest BCUT2D eigenvalue weighted by Crippen LogP contribution is 2.33. The first kappa shape index (κ1) is 24.1. The predicted octanol–water partition coefficient (Wildman–Crippen LogP) is 5.38. The second-order valence-electron chi connectivity index (χ2n) is 7.33. The molecule has 3 aromatic rings. The van der Waals surface area contributed by atoms with Crippen molar-refractivity contribution in [3.8, 4) is 0 Å². The number of halogens is 1. The van der Waals surface area contributed by atoms with Crippen molar-refractivity contribution in [1.82, 2.24) is 5.16 Å². The number of hydrogen-bond acceptors (Lipinski definition) is 7. The molecule has 0 aliphatic rings. The number of carbonyl (C=O) groups is 2. The standard InChI is InChI=1S/C21H22BrN3O5S2/c1-6-15(26)14-8-10(2)7-11(3)17(14)23-20(27)18-19(12(4)9-31-18)32(28,29)25-21-16(22)13(5)24-30-21/h7-9,25H,6H2,1-5H3,(H,23,27). The van der Waals surface area contributed by atoms with Crippen molar-refractivity contribution in [2.45, 2.75) is 45.9 Å². The summed E-state index contributed by atoms with van der Waals surface area (Å²) >= 11 is 4.23. The molecule has 0 bridgehead atoms. The summed E-state index contributed by atoms with van der Waals surface area (Å²) in [6, 6.07) is 3.57. The molecule has 2 aromatic heterocycles. The first-order valence-electron chi connectivity index (χ1n) is 9.64. The van der Waals surface area contributed by atoms with Crippen LogP contribution in [0.4, 0.5) is 11.6 Å². The normalized spacial score (nSPS) is 11.4. The van der Waals surface area contributed by atoms with Crippen LogP contribution in [0.2, 0.25) is 0 Å². The minimum atomic E-state index is -4.16. The summed E-state index contributed by atoms with van der Waals surface area (Å²) in [6.45, 7) is 8.66. The molecule has 0 fully saturated rings. The number of nitrogens with one attached hydrogen (secondary N) is 2. The number of amides is 1. The summed E-state index contributed by atoms with van der Waals surface area (Å²) in [5.74, 6) is -0.812. The summed E-state index contributed by atoms with van der Waals surface area (Å²) < 4.78 is 34.0. The van der Waals surface area contributed by atoms with Crippen molar-refractivity contribution in [1.29, 1.82) is 0 Å². The van der Waals surface area contributed by atoms with Crippen LogP contribution < -0.4 is 10.0 Å². The van der Waals surface area contributed by atoms with Gasteiger partial charge in [-0.3, -0.25) is 9.59 Å². The number of ketones is 1. The Morgan fingerprint density at radius 1 is 1.16 bits per heavy atom. The van der Waals surface area contributed by atoms with E-state index in [1.165, 1.54) is 0 Å². The van der Waals surface area contributed by atoms with Gasteiger partial charge in [0.15, 0.2) is 5.78 Å². The molecule has 3 rings (SSSR count). The Hall–Kier alpha value is -2.50. The summed E-state index contributed by atoms with van der Waals surface area (Å²) in [6.07, 6.45) is 0.277. The van der Waals surface area contributed by atoms with Crippen molar-refractivity contribution < 1.29 is 22.5 Å². The van der Waals surface area contributed by atoms with Gasteiger partial charge < -0.3 is 9.84 Å². The maximum absolute atomic E-state index is 13.2. The van der Waals surface area contributed by atoms with Gasteiger partial charge in [-0.05, 0) is 71.8 Å². The van der Waals surface area contributed by atoms with Gasteiger partial charge in [-0.1, -0.05) is 18.1 Å². The highest BCUT2D eigenvalue weighted by molar-refractivity contribution is 9.10. The summed E-state index contributed by atoms with van der Waals surface area (Å²) in [7, 11) is -4.16. The van der Waals surface area contributed by atoms with Gasteiger partial charge in [0, 0.05) is 12.0 Å². The van der Waals surface area contributed by atoms with Gasteiger partial charge in [0.2, 0.25) is 0 Å². The van der Waals surface area contributed by atoms with Crippen LogP contribution in [-0.4, -0.2) is 25.3 Å². The average Bonchev–Trinajstić information content (AvgIpc) is 3.26. The minimum absolute atomic E-state index is 0.00256. The van der Waals surface area contributed by atoms with E-state index in [4.69, 9.17) is 4.52 Å². The highest BCUT2D eigenvalue weighted by Gasteiger charge is 2.30. The van der Waals surface area contributed by atoms with Gasteiger partial charge in [-0.15, -0.1) is 11.3 Å². The number of rotatable bonds is 7. The lowest BCUT2D eigenvalue weighted by Gasteiger charge is -2.15. The molecule has 2 N–H and O–H groups in total. The first-order chi connectivity index (χ1) is 15.0. The van der Waals surface area contributed by atoms with E-state index < -0.39 is 15.9 Å². The molecule has 2 heterocycles. The lowest BCUT2D eigenvalue weighted by Crippen LogP contribution is -2.20. The van der Waals surface area contributed by atoms with E-state index in [9.17, 15) is 18.0 Å². The number of aromatic nitrogens is 1. The quantitative estimate of drug-likeness (QED) is 0.389. The molecule has 170 valence electrons. The van der Waals surface area contributed by atoms with Crippen molar-refractivity contribution >= 4 is 60.6 Å². The van der Waals surface area contributed by atoms with Gasteiger partial charge in [0.1, 0.15) is 14.2 Å². The molecule has 0 unspecified atom stereocenters. The van der Waals surface area contributed by atoms with Gasteiger partial charge in [0.25, 0.3) is 21.8 Å². The van der Waals surface area contributed by atoms with Crippen LogP contribution >= 0.6 is 27.3 Å². The minimum Gasteiger partial charge on any atom is -0.336 e. The lowest BCUT2D eigenvalue weighted by atomic mass is 9.99. The van der Waals surface area contributed by atoms with Crippen molar-refractivity contribution in [3.63, 3.8) is 0 Å². The Kier molecular flexibility index (Phi) is 6.91. The number of Topliss-reactive ketones (excluding diaryl/α,β-unsaturated/α-hetero) is 1. The van der Waals surface area contributed by atoms with E-state index in [1.54, 1.807) is 39.1 Å². The number of thiophene rings is 1. The zero-order valence-corrected chi connectivity index (χ0v) is 21.3. The summed E-state index contributed by atoms with van der Waals surface area (Å²) in [5, 5.41) is 8.05. The third-order valence-corrected chi connectivity index (χ3v) is 8.43. The molecular weight excluding hydrogens is 518 g/mol. The fourth-order valence-electron chi connectivity index (χ4n) is 3.23. The van der Waals surface area contributed by atoms with E-state index in [0.717, 1.165) is 16.9 Å². The smallest absolute Gasteiger partial charge is 0.267 e. The number of nitrogens with zero attached hydrogens (tertiary/aromatic N) is 1. The number of aryl methyl sites for hydroxylation is 4. The number of sulfonamides is 1. The van der Waals surface area contributed by atoms with E-state index >= 15 is 0 Å². The van der Waals surface area contributed by atoms with Crippen LogP contribution in [0, 0.1) is 27.7 Å². The molecule has 0 spiro atoms. The Morgan fingerprint density at radius 3 is 2.44 bits per heavy atom. The molecule has 1 aromatic carbocycles. The van der Waals surface area contributed by atoms with Gasteiger partial charge >= 0.3 is 0 Å². The number of anilines is 2.